The maximum absolute atomic E-state index is 11.0. The fourth-order valence-corrected chi connectivity index (χ4v) is 1.89. The van der Waals surface area contributed by atoms with Gasteiger partial charge in [-0.1, -0.05) is 0 Å². The van der Waals surface area contributed by atoms with Crippen LogP contribution in [-0.4, -0.2) is 26.0 Å². The van der Waals surface area contributed by atoms with Crippen molar-refractivity contribution in [1.82, 2.24) is 5.32 Å². The molecule has 3 N–H and O–H groups in total. The molecular weight excluding hydrogens is 260 g/mol. The minimum Gasteiger partial charge on any atom is -0.447 e. The van der Waals surface area contributed by atoms with Gasteiger partial charge in [-0.15, -0.1) is 0 Å². The molecule has 0 aliphatic carbocycles. The minimum atomic E-state index is -3.74. The van der Waals surface area contributed by atoms with Crippen LogP contribution in [0.25, 0.3) is 0 Å². The lowest BCUT2D eigenvalue weighted by Crippen LogP contribution is -2.31. The quantitative estimate of drug-likeness (QED) is 0.815. The maximum atomic E-state index is 11.0. The molecule has 7 heteroatoms. The van der Waals surface area contributed by atoms with Gasteiger partial charge < -0.3 is 9.73 Å². The van der Waals surface area contributed by atoms with Gasteiger partial charge in [0, 0.05) is 11.3 Å². The van der Waals surface area contributed by atoms with E-state index in [9.17, 15) is 8.42 Å². The molecule has 1 rings (SSSR count). The summed E-state index contributed by atoms with van der Waals surface area (Å²) in [5, 5.41) is 7.96. The summed E-state index contributed by atoms with van der Waals surface area (Å²) in [6.07, 6.45) is 2.05. The van der Waals surface area contributed by atoms with E-state index >= 15 is 0 Å². The predicted octanol–water partition coefficient (Wildman–Crippen LogP) is 1.16. The van der Waals surface area contributed by atoms with Crippen LogP contribution in [0.1, 0.15) is 19.6 Å². The number of sulfonamides is 1. The Kier molecular flexibility index (Phi) is 4.65. The van der Waals surface area contributed by atoms with E-state index in [4.69, 9.17) is 9.56 Å². The second-order valence-corrected chi connectivity index (χ2v) is 7.34. The van der Waals surface area contributed by atoms with Crippen molar-refractivity contribution in [3.05, 3.63) is 17.9 Å². The van der Waals surface area contributed by atoms with Crippen LogP contribution in [0, 0.1) is 0 Å². The highest BCUT2D eigenvalue weighted by Gasteiger charge is 2.16. The van der Waals surface area contributed by atoms with E-state index in [1.165, 1.54) is 6.07 Å². The maximum Gasteiger partial charge on any atom is 0.271 e. The van der Waals surface area contributed by atoms with Crippen molar-refractivity contribution >= 4 is 21.8 Å². The number of primary sulfonamides is 1. The van der Waals surface area contributed by atoms with Crippen LogP contribution in [0.15, 0.2) is 21.6 Å². The van der Waals surface area contributed by atoms with E-state index < -0.39 is 10.0 Å². The van der Waals surface area contributed by atoms with Crippen LogP contribution >= 0.6 is 11.8 Å². The standard InChI is InChI=1S/C10H18N2O3S2/c1-10(2,16-3)7-12-6-8-4-5-9(15-8)17(11,13)14/h4-5,12H,6-7H2,1-3H3,(H2,11,13,14). The Labute approximate surface area is 106 Å². The zero-order chi connectivity index (χ0) is 13.1. The van der Waals surface area contributed by atoms with Gasteiger partial charge in [-0.3, -0.25) is 0 Å². The molecule has 0 aliphatic heterocycles. The molecular formula is C10H18N2O3S2. The van der Waals surface area contributed by atoms with Crippen molar-refractivity contribution < 1.29 is 12.8 Å². The van der Waals surface area contributed by atoms with Gasteiger partial charge in [-0.05, 0) is 32.2 Å². The Morgan fingerprint density at radius 3 is 2.59 bits per heavy atom. The van der Waals surface area contributed by atoms with Gasteiger partial charge >= 0.3 is 0 Å². The van der Waals surface area contributed by atoms with Gasteiger partial charge in [0.25, 0.3) is 10.0 Å². The summed E-state index contributed by atoms with van der Waals surface area (Å²) in [6, 6.07) is 2.98. The highest BCUT2D eigenvalue weighted by atomic mass is 32.2. The lowest BCUT2D eigenvalue weighted by Gasteiger charge is -2.21. The second kappa shape index (κ2) is 5.43. The lowest BCUT2D eigenvalue weighted by atomic mass is 10.2. The summed E-state index contributed by atoms with van der Waals surface area (Å²) < 4.78 is 27.2. The largest absolute Gasteiger partial charge is 0.447 e. The first kappa shape index (κ1) is 14.6. The van der Waals surface area contributed by atoms with Crippen LogP contribution in [0.3, 0.4) is 0 Å². The molecule has 1 heterocycles. The number of hydrogen-bond donors (Lipinski definition) is 2. The molecule has 17 heavy (non-hydrogen) atoms. The number of rotatable bonds is 6. The average molecular weight is 278 g/mol. The molecule has 0 amide bonds. The molecule has 0 radical (unpaired) electrons. The molecule has 0 aliphatic rings. The Bertz CT molecular complexity index is 466. The van der Waals surface area contributed by atoms with E-state index in [1.54, 1.807) is 17.8 Å². The Morgan fingerprint density at radius 1 is 1.47 bits per heavy atom. The van der Waals surface area contributed by atoms with Crippen LogP contribution < -0.4 is 10.5 Å². The van der Waals surface area contributed by atoms with Crippen LogP contribution in [-0.2, 0) is 16.6 Å². The summed E-state index contributed by atoms with van der Waals surface area (Å²) in [4.78, 5) is 0. The molecule has 0 saturated heterocycles. The van der Waals surface area contributed by atoms with E-state index in [0.29, 0.717) is 12.3 Å². The van der Waals surface area contributed by atoms with Crippen LogP contribution in [0.5, 0.6) is 0 Å². The zero-order valence-corrected chi connectivity index (χ0v) is 11.8. The van der Waals surface area contributed by atoms with Crippen LogP contribution in [0.2, 0.25) is 0 Å². The van der Waals surface area contributed by atoms with Gasteiger partial charge in [-0.25, -0.2) is 13.6 Å². The van der Waals surface area contributed by atoms with E-state index in [1.807, 2.05) is 6.26 Å². The number of thioether (sulfide) groups is 1. The first-order valence-electron chi connectivity index (χ1n) is 5.12. The normalized spacial score (nSPS) is 12.9. The van der Waals surface area contributed by atoms with E-state index in [0.717, 1.165) is 6.54 Å². The molecule has 5 nitrogen and oxygen atoms in total. The van der Waals surface area contributed by atoms with Crippen molar-refractivity contribution in [3.63, 3.8) is 0 Å². The topological polar surface area (TPSA) is 85.3 Å². The molecule has 0 spiro atoms. The molecule has 0 aromatic carbocycles. The van der Waals surface area contributed by atoms with E-state index in [2.05, 4.69) is 19.2 Å². The monoisotopic (exact) mass is 278 g/mol. The highest BCUT2D eigenvalue weighted by molar-refractivity contribution is 7.99. The molecule has 0 bridgehead atoms. The van der Waals surface area contributed by atoms with Crippen molar-refractivity contribution in [2.75, 3.05) is 12.8 Å². The molecule has 98 valence electrons. The second-order valence-electron chi connectivity index (χ2n) is 4.33. The van der Waals surface area contributed by atoms with Crippen molar-refractivity contribution in [2.24, 2.45) is 5.14 Å². The SMILES string of the molecule is CSC(C)(C)CNCc1ccc(S(N)(=O)=O)o1. The minimum absolute atomic E-state index is 0.134. The fourth-order valence-electron chi connectivity index (χ4n) is 1.17. The third-order valence-corrected chi connectivity index (χ3v) is 4.35. The molecule has 0 unspecified atom stereocenters. The third kappa shape index (κ3) is 4.71. The number of nitrogens with two attached hydrogens (primary N) is 1. The van der Waals surface area contributed by atoms with Crippen molar-refractivity contribution in [3.8, 4) is 0 Å². The molecule has 0 fully saturated rings. The van der Waals surface area contributed by atoms with Gasteiger partial charge in [0.2, 0.25) is 5.09 Å². The zero-order valence-electron chi connectivity index (χ0n) is 10.2. The van der Waals surface area contributed by atoms with E-state index in [-0.39, 0.29) is 9.84 Å². The Hall–Kier alpha value is -0.500. The summed E-state index contributed by atoms with van der Waals surface area (Å²) in [5.41, 5.74) is 0. The molecule has 1 aromatic heterocycles. The van der Waals surface area contributed by atoms with Gasteiger partial charge in [0.15, 0.2) is 0 Å². The molecule has 0 atom stereocenters. The van der Waals surface area contributed by atoms with Gasteiger partial charge in [0.1, 0.15) is 5.76 Å². The van der Waals surface area contributed by atoms with Crippen LogP contribution in [0.4, 0.5) is 0 Å². The molecule has 0 saturated carbocycles. The predicted molar refractivity (Wildman–Crippen MR) is 69.4 cm³/mol. The van der Waals surface area contributed by atoms with Crippen molar-refractivity contribution in [1.29, 1.82) is 0 Å². The first-order valence-corrected chi connectivity index (χ1v) is 7.89. The number of nitrogens with one attached hydrogen (secondary N) is 1. The number of furan rings is 1. The summed E-state index contributed by atoms with van der Waals surface area (Å²) in [7, 11) is -3.74. The summed E-state index contributed by atoms with van der Waals surface area (Å²) in [5.74, 6) is 0.561. The first-order chi connectivity index (χ1) is 7.74. The summed E-state index contributed by atoms with van der Waals surface area (Å²) in [6.45, 7) is 5.55. The van der Waals surface area contributed by atoms with Crippen molar-refractivity contribution in [2.45, 2.75) is 30.2 Å². The molecule has 1 aromatic rings. The number of hydrogen-bond acceptors (Lipinski definition) is 5. The fraction of sp³-hybridized carbons (Fsp3) is 0.600. The van der Waals surface area contributed by atoms with Gasteiger partial charge in [0.05, 0.1) is 6.54 Å². The Balaban J connectivity index is 2.52. The lowest BCUT2D eigenvalue weighted by molar-refractivity contribution is 0.399. The Morgan fingerprint density at radius 2 is 2.12 bits per heavy atom. The highest BCUT2D eigenvalue weighted by Crippen LogP contribution is 2.20. The average Bonchev–Trinajstić information content (AvgIpc) is 2.66. The van der Waals surface area contributed by atoms with Gasteiger partial charge in [-0.2, -0.15) is 11.8 Å². The summed E-state index contributed by atoms with van der Waals surface area (Å²) >= 11 is 1.76. The third-order valence-electron chi connectivity index (χ3n) is 2.32. The smallest absolute Gasteiger partial charge is 0.271 e.